The second-order valence-corrected chi connectivity index (χ2v) is 3.54. The summed E-state index contributed by atoms with van der Waals surface area (Å²) in [6.45, 7) is 0. The first-order chi connectivity index (χ1) is 6.27. The van der Waals surface area contributed by atoms with Gasteiger partial charge < -0.3 is 4.52 Å². The van der Waals surface area contributed by atoms with Crippen molar-refractivity contribution in [1.82, 2.24) is 10.1 Å². The number of halogens is 2. The quantitative estimate of drug-likeness (QED) is 0.790. The summed E-state index contributed by atoms with van der Waals surface area (Å²) in [5.41, 5.74) is 0.835. The highest BCUT2D eigenvalue weighted by Gasteiger charge is 2.09. The van der Waals surface area contributed by atoms with Crippen LogP contribution in [0.25, 0.3) is 11.5 Å². The van der Waals surface area contributed by atoms with Gasteiger partial charge in [0.05, 0.1) is 5.56 Å². The molecular weight excluding hydrogens is 255 g/mol. The second-order valence-electron chi connectivity index (χ2n) is 2.35. The number of hydrogen-bond donors (Lipinski definition) is 0. The van der Waals surface area contributed by atoms with Crippen LogP contribution in [0.3, 0.4) is 0 Å². The predicted molar refractivity (Wildman–Crippen MR) is 52.4 cm³/mol. The molecule has 0 amide bonds. The van der Waals surface area contributed by atoms with Crippen molar-refractivity contribution < 1.29 is 4.52 Å². The summed E-state index contributed by atoms with van der Waals surface area (Å²) in [4.78, 5) is 3.90. The van der Waals surface area contributed by atoms with E-state index in [0.29, 0.717) is 5.89 Å². The van der Waals surface area contributed by atoms with Gasteiger partial charge in [-0.15, -0.1) is 0 Å². The Hall–Kier alpha value is -0.870. The van der Waals surface area contributed by atoms with E-state index in [1.54, 1.807) is 0 Å². The Balaban J connectivity index is 2.52. The number of rotatable bonds is 1. The molecule has 0 spiro atoms. The maximum Gasteiger partial charge on any atom is 0.264 e. The molecule has 1 aromatic carbocycles. The van der Waals surface area contributed by atoms with Crippen molar-refractivity contribution in [2.45, 2.75) is 0 Å². The van der Waals surface area contributed by atoms with Gasteiger partial charge in [0.25, 0.3) is 11.2 Å². The fourth-order valence-electron chi connectivity index (χ4n) is 0.950. The van der Waals surface area contributed by atoms with Crippen LogP contribution < -0.4 is 0 Å². The van der Waals surface area contributed by atoms with E-state index in [1.165, 1.54) is 0 Å². The first kappa shape index (κ1) is 8.72. The summed E-state index contributed by atoms with van der Waals surface area (Å²) < 4.78 is 5.81. The third kappa shape index (κ3) is 1.73. The van der Waals surface area contributed by atoms with Crippen molar-refractivity contribution in [3.63, 3.8) is 0 Å². The Morgan fingerprint density at radius 2 is 2.08 bits per heavy atom. The first-order valence-corrected chi connectivity index (χ1v) is 4.68. The lowest BCUT2D eigenvalue weighted by Gasteiger charge is -1.95. The molecule has 0 atom stereocenters. The van der Waals surface area contributed by atoms with Gasteiger partial charge in [-0.1, -0.05) is 12.1 Å². The van der Waals surface area contributed by atoms with E-state index in [9.17, 15) is 0 Å². The molecule has 2 aromatic rings. The summed E-state index contributed by atoms with van der Waals surface area (Å²) in [6.07, 6.45) is 0. The molecule has 0 saturated heterocycles. The zero-order valence-electron chi connectivity index (χ0n) is 6.37. The van der Waals surface area contributed by atoms with E-state index in [1.807, 2.05) is 24.3 Å². The largest absolute Gasteiger partial charge is 0.333 e. The Morgan fingerprint density at radius 1 is 1.31 bits per heavy atom. The third-order valence-corrected chi connectivity index (χ3v) is 2.35. The van der Waals surface area contributed by atoms with Gasteiger partial charge in [0, 0.05) is 4.47 Å². The minimum absolute atomic E-state index is 0.116. The van der Waals surface area contributed by atoms with Crippen LogP contribution in [-0.4, -0.2) is 10.1 Å². The number of benzene rings is 1. The van der Waals surface area contributed by atoms with E-state index in [0.717, 1.165) is 10.0 Å². The Bertz CT molecular complexity index is 430. The molecule has 2 rings (SSSR count). The van der Waals surface area contributed by atoms with Crippen molar-refractivity contribution in [3.05, 3.63) is 34.0 Å². The van der Waals surface area contributed by atoms with Crippen molar-refractivity contribution in [2.75, 3.05) is 0 Å². The van der Waals surface area contributed by atoms with Crippen molar-refractivity contribution in [3.8, 4) is 11.5 Å². The molecule has 13 heavy (non-hydrogen) atoms. The molecule has 0 bridgehead atoms. The molecule has 0 radical (unpaired) electrons. The van der Waals surface area contributed by atoms with E-state index in [-0.39, 0.29) is 5.28 Å². The van der Waals surface area contributed by atoms with Crippen molar-refractivity contribution >= 4 is 27.5 Å². The summed E-state index contributed by atoms with van der Waals surface area (Å²) in [6, 6.07) is 7.56. The molecule has 0 aliphatic heterocycles. The van der Waals surface area contributed by atoms with E-state index >= 15 is 0 Å². The Labute approximate surface area is 87.8 Å². The van der Waals surface area contributed by atoms with E-state index in [2.05, 4.69) is 26.1 Å². The van der Waals surface area contributed by atoms with Crippen LogP contribution in [0.15, 0.2) is 33.3 Å². The normalized spacial score (nSPS) is 10.3. The molecule has 0 unspecified atom stereocenters. The maximum absolute atomic E-state index is 5.53. The van der Waals surface area contributed by atoms with Gasteiger partial charge in [-0.25, -0.2) is 0 Å². The molecule has 1 aromatic heterocycles. The Morgan fingerprint density at radius 3 is 2.69 bits per heavy atom. The second kappa shape index (κ2) is 3.47. The van der Waals surface area contributed by atoms with Gasteiger partial charge in [0.15, 0.2) is 0 Å². The minimum atomic E-state index is 0.116. The molecule has 5 heteroatoms. The van der Waals surface area contributed by atoms with Crippen LogP contribution in [0.2, 0.25) is 5.28 Å². The number of aromatic nitrogens is 2. The average molecular weight is 259 g/mol. The van der Waals surface area contributed by atoms with Crippen LogP contribution in [-0.2, 0) is 0 Å². The standard InChI is InChI=1S/C8H4BrClN2O/c9-6-4-2-1-3-5(6)7-11-8(10)12-13-7/h1-4H. The van der Waals surface area contributed by atoms with Crippen molar-refractivity contribution in [1.29, 1.82) is 0 Å². The van der Waals surface area contributed by atoms with E-state index in [4.69, 9.17) is 16.1 Å². The highest BCUT2D eigenvalue weighted by atomic mass is 79.9. The average Bonchev–Trinajstić information content (AvgIpc) is 2.53. The number of nitrogens with zero attached hydrogens (tertiary/aromatic N) is 2. The molecule has 0 N–H and O–H groups in total. The topological polar surface area (TPSA) is 38.9 Å². The van der Waals surface area contributed by atoms with Crippen LogP contribution in [0, 0.1) is 0 Å². The molecule has 3 nitrogen and oxygen atoms in total. The highest BCUT2D eigenvalue weighted by molar-refractivity contribution is 9.10. The summed E-state index contributed by atoms with van der Waals surface area (Å²) in [5, 5.41) is 3.61. The highest BCUT2D eigenvalue weighted by Crippen LogP contribution is 2.26. The fraction of sp³-hybridized carbons (Fsp3) is 0. The fourth-order valence-corrected chi connectivity index (χ4v) is 1.52. The number of hydrogen-bond acceptors (Lipinski definition) is 3. The molecule has 66 valence electrons. The van der Waals surface area contributed by atoms with E-state index < -0.39 is 0 Å². The van der Waals surface area contributed by atoms with Crippen LogP contribution >= 0.6 is 27.5 Å². The molecule has 0 fully saturated rings. The van der Waals surface area contributed by atoms with Gasteiger partial charge in [0.2, 0.25) is 0 Å². The van der Waals surface area contributed by atoms with Gasteiger partial charge in [-0.2, -0.15) is 4.98 Å². The Kier molecular flexibility index (Phi) is 2.33. The summed E-state index contributed by atoms with van der Waals surface area (Å²) >= 11 is 8.90. The van der Waals surface area contributed by atoms with Crippen LogP contribution in [0.1, 0.15) is 0 Å². The molecular formula is C8H4BrClN2O. The minimum Gasteiger partial charge on any atom is -0.333 e. The lowest BCUT2D eigenvalue weighted by Crippen LogP contribution is -1.77. The molecule has 0 aliphatic carbocycles. The van der Waals surface area contributed by atoms with Gasteiger partial charge in [-0.05, 0) is 44.8 Å². The van der Waals surface area contributed by atoms with Crippen molar-refractivity contribution in [2.24, 2.45) is 0 Å². The molecule has 1 heterocycles. The van der Waals surface area contributed by atoms with Crippen LogP contribution in [0.4, 0.5) is 0 Å². The lowest BCUT2D eigenvalue weighted by atomic mass is 10.2. The molecule has 0 aliphatic rings. The SMILES string of the molecule is Clc1noc(-c2ccccc2Br)n1. The smallest absolute Gasteiger partial charge is 0.264 e. The first-order valence-electron chi connectivity index (χ1n) is 3.51. The predicted octanol–water partition coefficient (Wildman–Crippen LogP) is 3.15. The monoisotopic (exact) mass is 258 g/mol. The van der Waals surface area contributed by atoms with Gasteiger partial charge >= 0.3 is 0 Å². The van der Waals surface area contributed by atoms with Gasteiger partial charge in [0.1, 0.15) is 0 Å². The molecule has 0 saturated carbocycles. The summed E-state index contributed by atoms with van der Waals surface area (Å²) in [7, 11) is 0. The zero-order valence-corrected chi connectivity index (χ0v) is 8.71. The zero-order chi connectivity index (χ0) is 9.26. The lowest BCUT2D eigenvalue weighted by molar-refractivity contribution is 0.430. The van der Waals surface area contributed by atoms with Gasteiger partial charge in [-0.3, -0.25) is 0 Å². The third-order valence-electron chi connectivity index (χ3n) is 1.51. The van der Waals surface area contributed by atoms with Crippen LogP contribution in [0.5, 0.6) is 0 Å². The summed E-state index contributed by atoms with van der Waals surface area (Å²) in [5.74, 6) is 0.414. The maximum atomic E-state index is 5.53.